The van der Waals surface area contributed by atoms with Crippen LogP contribution in [0.4, 0.5) is 0 Å². The third-order valence-corrected chi connectivity index (χ3v) is 7.76. The van der Waals surface area contributed by atoms with Gasteiger partial charge in [-0.1, -0.05) is 18.7 Å². The Kier molecular flexibility index (Phi) is 12.0. The molecule has 0 heterocycles. The predicted molar refractivity (Wildman–Crippen MR) is 140 cm³/mol. The fourth-order valence-electron chi connectivity index (χ4n) is 5.34. The molecule has 0 N–H and O–H groups in total. The molecule has 0 aromatic heterocycles. The molecule has 0 unspecified atom stereocenters. The highest BCUT2D eigenvalue weighted by atomic mass is 16.5. The Bertz CT molecular complexity index is 862. The van der Waals surface area contributed by atoms with E-state index in [2.05, 4.69) is 6.58 Å². The molecule has 0 atom stereocenters. The molecule has 0 spiro atoms. The lowest BCUT2D eigenvalue weighted by atomic mass is 9.79. The van der Waals surface area contributed by atoms with Crippen LogP contribution >= 0.6 is 0 Å². The van der Waals surface area contributed by atoms with Crippen molar-refractivity contribution in [2.75, 3.05) is 26.9 Å². The summed E-state index contributed by atoms with van der Waals surface area (Å²) in [4.78, 5) is 35.8. The fraction of sp³-hybridized carbons (Fsp3) is 0.633. The van der Waals surface area contributed by atoms with Gasteiger partial charge in [-0.15, -0.1) is 0 Å². The highest BCUT2D eigenvalue weighted by Crippen LogP contribution is 2.33. The lowest BCUT2D eigenvalue weighted by Crippen LogP contribution is -2.25. The lowest BCUT2D eigenvalue weighted by Gasteiger charge is -2.29. The number of hydrogen-bond acceptors (Lipinski definition) is 7. The van der Waals surface area contributed by atoms with Crippen LogP contribution < -0.4 is 4.74 Å². The third kappa shape index (κ3) is 10.6. The van der Waals surface area contributed by atoms with Gasteiger partial charge >= 0.3 is 17.9 Å². The first kappa shape index (κ1) is 28.7. The summed E-state index contributed by atoms with van der Waals surface area (Å²) in [6.07, 6.45) is 10.6. The average molecular weight is 515 g/mol. The van der Waals surface area contributed by atoms with Crippen molar-refractivity contribution in [2.24, 2.45) is 23.7 Å². The van der Waals surface area contributed by atoms with Gasteiger partial charge in [0.1, 0.15) is 5.75 Å². The number of carbonyl (C=O) groups excluding carboxylic acids is 3. The van der Waals surface area contributed by atoms with Crippen molar-refractivity contribution in [1.82, 2.24) is 0 Å². The molecule has 7 heteroatoms. The average Bonchev–Trinajstić information content (AvgIpc) is 2.92. The summed E-state index contributed by atoms with van der Waals surface area (Å²) >= 11 is 0. The molecule has 2 fully saturated rings. The van der Waals surface area contributed by atoms with Gasteiger partial charge in [0.05, 0.1) is 26.9 Å². The van der Waals surface area contributed by atoms with Gasteiger partial charge in [0.2, 0.25) is 0 Å². The van der Waals surface area contributed by atoms with E-state index in [0.717, 1.165) is 62.7 Å². The Morgan fingerprint density at radius 1 is 0.757 bits per heavy atom. The SMILES string of the molecule is C=CC(=O)OCC1CCC(COC(=O)CC2CCC(CC(=O)OCCc3ccc(OC)cc3)CC2)CC1. The minimum absolute atomic E-state index is 0.108. The van der Waals surface area contributed by atoms with E-state index in [1.165, 1.54) is 6.08 Å². The number of esters is 3. The van der Waals surface area contributed by atoms with Gasteiger partial charge in [-0.2, -0.15) is 0 Å². The molecule has 0 saturated heterocycles. The topological polar surface area (TPSA) is 88.1 Å². The first-order valence-electron chi connectivity index (χ1n) is 13.7. The molecule has 2 aliphatic carbocycles. The van der Waals surface area contributed by atoms with Gasteiger partial charge in [0.15, 0.2) is 0 Å². The normalized spacial score (nSPS) is 23.5. The van der Waals surface area contributed by atoms with E-state index in [1.807, 2.05) is 24.3 Å². The van der Waals surface area contributed by atoms with E-state index >= 15 is 0 Å². The summed E-state index contributed by atoms with van der Waals surface area (Å²) in [7, 11) is 1.64. The highest BCUT2D eigenvalue weighted by Gasteiger charge is 2.27. The molecule has 1 aromatic carbocycles. The summed E-state index contributed by atoms with van der Waals surface area (Å²) in [5, 5.41) is 0. The van der Waals surface area contributed by atoms with Crippen molar-refractivity contribution in [1.29, 1.82) is 0 Å². The summed E-state index contributed by atoms with van der Waals surface area (Å²) < 4.78 is 21.4. The molecule has 0 bridgehead atoms. The highest BCUT2D eigenvalue weighted by molar-refractivity contribution is 5.81. The molecule has 204 valence electrons. The van der Waals surface area contributed by atoms with Crippen molar-refractivity contribution in [3.05, 3.63) is 42.5 Å². The summed E-state index contributed by atoms with van der Waals surface area (Å²) in [6.45, 7) is 4.73. The number of rotatable bonds is 13. The molecule has 3 rings (SSSR count). The van der Waals surface area contributed by atoms with Gasteiger partial charge in [0.25, 0.3) is 0 Å². The molecule has 2 saturated carbocycles. The Morgan fingerprint density at radius 3 is 1.76 bits per heavy atom. The molecule has 37 heavy (non-hydrogen) atoms. The van der Waals surface area contributed by atoms with E-state index in [-0.39, 0.29) is 17.9 Å². The quantitative estimate of drug-likeness (QED) is 0.197. The van der Waals surface area contributed by atoms with Gasteiger partial charge < -0.3 is 18.9 Å². The first-order valence-corrected chi connectivity index (χ1v) is 13.7. The first-order chi connectivity index (χ1) is 17.9. The molecule has 2 aliphatic rings. The zero-order valence-electron chi connectivity index (χ0n) is 22.2. The van der Waals surface area contributed by atoms with Gasteiger partial charge in [-0.3, -0.25) is 9.59 Å². The maximum Gasteiger partial charge on any atom is 0.330 e. The van der Waals surface area contributed by atoms with E-state index < -0.39 is 0 Å². The summed E-state index contributed by atoms with van der Waals surface area (Å²) in [5.74, 6) is 1.65. The number of methoxy groups -OCH3 is 1. The molecular weight excluding hydrogens is 472 g/mol. The third-order valence-electron chi connectivity index (χ3n) is 7.76. The number of benzene rings is 1. The van der Waals surface area contributed by atoms with Crippen LogP contribution in [0.1, 0.15) is 69.8 Å². The Hall–Kier alpha value is -2.83. The smallest absolute Gasteiger partial charge is 0.330 e. The standard InChI is InChI=1S/C30H42O7/c1-3-28(31)36-20-25-8-10-26(11-9-25)21-37-30(33)19-24-6-4-23(5-7-24)18-29(32)35-17-16-22-12-14-27(34-2)15-13-22/h3,12-15,23-26H,1,4-11,16-21H2,2H3. The minimum Gasteiger partial charge on any atom is -0.497 e. The van der Waals surface area contributed by atoms with Crippen molar-refractivity contribution in [2.45, 2.75) is 70.6 Å². The zero-order valence-corrected chi connectivity index (χ0v) is 22.2. The Balaban J connectivity index is 1.22. The molecule has 0 radical (unpaired) electrons. The van der Waals surface area contributed by atoms with Crippen LogP contribution in [0.2, 0.25) is 0 Å². The Labute approximate surface area is 220 Å². The van der Waals surface area contributed by atoms with Crippen molar-refractivity contribution >= 4 is 17.9 Å². The number of carbonyl (C=O) groups is 3. The Morgan fingerprint density at radius 2 is 1.24 bits per heavy atom. The van der Waals surface area contributed by atoms with Crippen LogP contribution in [0.15, 0.2) is 36.9 Å². The molecule has 1 aromatic rings. The molecular formula is C30H42O7. The maximum atomic E-state index is 12.4. The van der Waals surface area contributed by atoms with Crippen molar-refractivity contribution in [3.8, 4) is 5.75 Å². The van der Waals surface area contributed by atoms with Crippen LogP contribution in [-0.2, 0) is 35.0 Å². The van der Waals surface area contributed by atoms with Crippen LogP contribution in [0.3, 0.4) is 0 Å². The van der Waals surface area contributed by atoms with E-state index in [9.17, 15) is 14.4 Å². The minimum atomic E-state index is -0.370. The lowest BCUT2D eigenvalue weighted by molar-refractivity contribution is -0.148. The van der Waals surface area contributed by atoms with Crippen molar-refractivity contribution < 1.29 is 33.3 Å². The summed E-state index contributed by atoms with van der Waals surface area (Å²) in [6, 6.07) is 7.78. The van der Waals surface area contributed by atoms with Crippen LogP contribution in [0.25, 0.3) is 0 Å². The maximum absolute atomic E-state index is 12.4. The van der Waals surface area contributed by atoms with Gasteiger partial charge in [-0.25, -0.2) is 4.79 Å². The molecule has 7 nitrogen and oxygen atoms in total. The number of hydrogen-bond donors (Lipinski definition) is 0. The van der Waals surface area contributed by atoms with Crippen LogP contribution in [-0.4, -0.2) is 44.8 Å². The molecule has 0 amide bonds. The van der Waals surface area contributed by atoms with Crippen LogP contribution in [0.5, 0.6) is 5.75 Å². The predicted octanol–water partition coefficient (Wildman–Crippen LogP) is 5.45. The second-order valence-electron chi connectivity index (χ2n) is 10.5. The van der Waals surface area contributed by atoms with E-state index in [4.69, 9.17) is 18.9 Å². The van der Waals surface area contributed by atoms with Crippen LogP contribution in [0, 0.1) is 23.7 Å². The monoisotopic (exact) mass is 514 g/mol. The van der Waals surface area contributed by atoms with E-state index in [0.29, 0.717) is 62.8 Å². The van der Waals surface area contributed by atoms with Gasteiger partial charge in [0, 0.05) is 25.3 Å². The van der Waals surface area contributed by atoms with E-state index in [1.54, 1.807) is 7.11 Å². The van der Waals surface area contributed by atoms with Gasteiger partial charge in [-0.05, 0) is 92.7 Å². The largest absolute Gasteiger partial charge is 0.497 e. The molecule has 0 aliphatic heterocycles. The summed E-state index contributed by atoms with van der Waals surface area (Å²) in [5.41, 5.74) is 1.11. The fourth-order valence-corrected chi connectivity index (χ4v) is 5.34. The second-order valence-corrected chi connectivity index (χ2v) is 10.5. The second kappa shape index (κ2) is 15.4. The number of ether oxygens (including phenoxy) is 4. The van der Waals surface area contributed by atoms with Crippen molar-refractivity contribution in [3.63, 3.8) is 0 Å². The zero-order chi connectivity index (χ0) is 26.5.